The Hall–Kier alpha value is -8.31. The predicted octanol–water partition coefficient (Wildman–Crippen LogP) is 15.3. The van der Waals surface area contributed by atoms with Crippen molar-refractivity contribution in [2.75, 3.05) is 10.6 Å². The van der Waals surface area contributed by atoms with Crippen molar-refractivity contribution in [2.24, 2.45) is 4.99 Å². The summed E-state index contributed by atoms with van der Waals surface area (Å²) < 4.78 is 0. The van der Waals surface area contributed by atoms with Gasteiger partial charge in [0.2, 0.25) is 0 Å². The maximum Gasteiger partial charge on any atom is 0.134 e. The van der Waals surface area contributed by atoms with Crippen molar-refractivity contribution in [3.8, 4) is 44.5 Å². The van der Waals surface area contributed by atoms with Gasteiger partial charge in [0.25, 0.3) is 0 Å². The molecule has 66 heavy (non-hydrogen) atoms. The number of nitrogens with one attached hydrogen (secondary N) is 3. The van der Waals surface area contributed by atoms with Crippen molar-refractivity contribution < 1.29 is 0 Å². The van der Waals surface area contributed by atoms with Gasteiger partial charge in [-0.25, -0.2) is 0 Å². The largest absolute Gasteiger partial charge is 0.366 e. The number of fused-ring (bicyclic) bond motifs is 3. The molecular weight excluding hydrogens is 801 g/mol. The lowest BCUT2D eigenvalue weighted by Gasteiger charge is -2.36. The molecule has 2 heterocycles. The van der Waals surface area contributed by atoms with E-state index in [9.17, 15) is 0 Å². The molecule has 4 heteroatoms. The van der Waals surface area contributed by atoms with Gasteiger partial charge in [0.15, 0.2) is 0 Å². The summed E-state index contributed by atoms with van der Waals surface area (Å²) in [7, 11) is 0. The summed E-state index contributed by atoms with van der Waals surface area (Å²) in [6, 6.07) is 87.1. The molecule has 2 aliphatic heterocycles. The zero-order valence-electron chi connectivity index (χ0n) is 36.3. The van der Waals surface area contributed by atoms with Crippen LogP contribution in [0.4, 0.5) is 11.4 Å². The molecule has 10 aromatic rings. The molecule has 0 aromatic heterocycles. The number of hydrogen-bond acceptors (Lipinski definition) is 4. The molecule has 0 aliphatic carbocycles. The molecule has 0 saturated heterocycles. The zero-order valence-corrected chi connectivity index (χ0v) is 36.3. The first kappa shape index (κ1) is 39.3. The van der Waals surface area contributed by atoms with E-state index in [2.05, 4.69) is 259 Å². The fourth-order valence-electron chi connectivity index (χ4n) is 9.97. The number of anilines is 2. The summed E-state index contributed by atoms with van der Waals surface area (Å²) in [5.74, 6) is 0.853. The van der Waals surface area contributed by atoms with Crippen molar-refractivity contribution >= 4 is 28.0 Å². The first-order chi connectivity index (χ1) is 32.7. The summed E-state index contributed by atoms with van der Waals surface area (Å²) in [5.41, 5.74) is 18.6. The minimum Gasteiger partial charge on any atom is -0.366 e. The molecule has 0 amide bonds. The van der Waals surface area contributed by atoms with Crippen LogP contribution in [-0.4, -0.2) is 5.84 Å². The fourth-order valence-corrected chi connectivity index (χ4v) is 9.97. The monoisotopic (exact) mass is 846 g/mol. The van der Waals surface area contributed by atoms with Crippen molar-refractivity contribution in [3.05, 3.63) is 276 Å². The fraction of sp³-hybridized carbons (Fsp3) is 0.0484. The van der Waals surface area contributed by atoms with Crippen molar-refractivity contribution in [1.82, 2.24) is 5.32 Å². The average molecular weight is 847 g/mol. The molecule has 2 aliphatic rings. The quantitative estimate of drug-likeness (QED) is 0.143. The molecule has 10 aromatic carbocycles. The normalized spacial score (nSPS) is 16.3. The summed E-state index contributed by atoms with van der Waals surface area (Å²) in [5, 5.41) is 14.1. The Morgan fingerprint density at radius 1 is 0.333 bits per heavy atom. The van der Waals surface area contributed by atoms with Gasteiger partial charge in [-0.2, -0.15) is 0 Å². The number of aliphatic imine (C=N–C) groups is 1. The second-order valence-electron chi connectivity index (χ2n) is 17.3. The van der Waals surface area contributed by atoms with E-state index >= 15 is 0 Å². The minimum atomic E-state index is -0.228. The molecule has 3 N–H and O–H groups in total. The summed E-state index contributed by atoms with van der Waals surface area (Å²) in [6.45, 7) is 0. The maximum atomic E-state index is 5.65. The highest BCUT2D eigenvalue weighted by molar-refractivity contribution is 6.17. The van der Waals surface area contributed by atoms with Gasteiger partial charge >= 0.3 is 0 Å². The Morgan fingerprint density at radius 3 is 1.35 bits per heavy atom. The highest BCUT2D eigenvalue weighted by atomic mass is 15.2. The third-order valence-corrected chi connectivity index (χ3v) is 13.2. The van der Waals surface area contributed by atoms with Crippen LogP contribution in [0.2, 0.25) is 0 Å². The van der Waals surface area contributed by atoms with Gasteiger partial charge < -0.3 is 10.6 Å². The van der Waals surface area contributed by atoms with E-state index in [0.29, 0.717) is 0 Å². The van der Waals surface area contributed by atoms with E-state index in [1.54, 1.807) is 0 Å². The number of nitrogens with zero attached hydrogens (tertiary/aromatic N) is 1. The number of hydrogen-bond donors (Lipinski definition) is 3. The molecular formula is C62H46N4. The smallest absolute Gasteiger partial charge is 0.134 e. The highest BCUT2D eigenvalue weighted by Crippen LogP contribution is 2.43. The number of amidine groups is 1. The van der Waals surface area contributed by atoms with Crippen molar-refractivity contribution in [3.63, 3.8) is 0 Å². The van der Waals surface area contributed by atoms with Crippen LogP contribution in [0.3, 0.4) is 0 Å². The van der Waals surface area contributed by atoms with E-state index in [1.807, 2.05) is 0 Å². The van der Waals surface area contributed by atoms with Gasteiger partial charge in [-0.1, -0.05) is 194 Å². The summed E-state index contributed by atoms with van der Waals surface area (Å²) >= 11 is 0. The van der Waals surface area contributed by atoms with Gasteiger partial charge in [-0.05, 0) is 126 Å². The first-order valence-electron chi connectivity index (χ1n) is 22.8. The SMILES string of the molecule is c1ccc(-c2cc(-c3ccccc3)cc(C3N=C(c4ccc(C5Nc6ccccc6C(c6cc(-c7ccccc7)cc(-c7ccccc7)c6)N5)c5ccccc45)Nc4ccccc43)c2)cc1. The molecule has 3 atom stereocenters. The third-order valence-electron chi connectivity index (χ3n) is 13.2. The Bertz CT molecular complexity index is 3290. The van der Waals surface area contributed by atoms with Gasteiger partial charge in [0.1, 0.15) is 18.0 Å². The van der Waals surface area contributed by atoms with Crippen LogP contribution in [-0.2, 0) is 0 Å². The molecule has 0 radical (unpaired) electrons. The highest BCUT2D eigenvalue weighted by Gasteiger charge is 2.31. The van der Waals surface area contributed by atoms with E-state index in [1.165, 1.54) is 66.6 Å². The van der Waals surface area contributed by atoms with E-state index in [0.717, 1.165) is 39.3 Å². The molecule has 0 fully saturated rings. The van der Waals surface area contributed by atoms with Gasteiger partial charge in [-0.15, -0.1) is 0 Å². The Balaban J connectivity index is 0.963. The Kier molecular flexibility index (Phi) is 10.1. The van der Waals surface area contributed by atoms with E-state index < -0.39 is 0 Å². The average Bonchev–Trinajstić information content (AvgIpc) is 3.40. The van der Waals surface area contributed by atoms with Crippen LogP contribution >= 0.6 is 0 Å². The van der Waals surface area contributed by atoms with Crippen LogP contribution in [0.5, 0.6) is 0 Å². The maximum absolute atomic E-state index is 5.65. The summed E-state index contributed by atoms with van der Waals surface area (Å²) in [4.78, 5) is 5.65. The van der Waals surface area contributed by atoms with Crippen LogP contribution in [0.25, 0.3) is 55.3 Å². The molecule has 314 valence electrons. The van der Waals surface area contributed by atoms with Gasteiger partial charge in [0, 0.05) is 22.5 Å². The predicted molar refractivity (Wildman–Crippen MR) is 275 cm³/mol. The number of benzene rings is 10. The Labute approximate surface area is 386 Å². The lowest BCUT2D eigenvalue weighted by molar-refractivity contribution is 0.509. The Morgan fingerprint density at radius 2 is 0.788 bits per heavy atom. The lowest BCUT2D eigenvalue weighted by atomic mass is 9.88. The second kappa shape index (κ2) is 17.0. The molecule has 0 spiro atoms. The molecule has 12 rings (SSSR count). The van der Waals surface area contributed by atoms with E-state index in [4.69, 9.17) is 4.99 Å². The zero-order chi connectivity index (χ0) is 43.8. The van der Waals surface area contributed by atoms with Crippen LogP contribution < -0.4 is 16.0 Å². The molecule has 0 saturated carbocycles. The molecule has 4 nitrogen and oxygen atoms in total. The van der Waals surface area contributed by atoms with Crippen LogP contribution in [0.15, 0.2) is 248 Å². The van der Waals surface area contributed by atoms with Crippen LogP contribution in [0.1, 0.15) is 51.6 Å². The minimum absolute atomic E-state index is 0.0777. The molecule has 3 unspecified atom stereocenters. The standard InChI is InChI=1S/C62H46N4/c1-5-19-41(20-6-1)45-35-46(42-21-7-2-8-22-42)38-49(37-45)59-55-29-15-17-31-57(55)63-61(65-59)53-33-34-54(52-28-14-13-27-51(52)53)62-64-58-32-18-16-30-56(58)60(66-62)50-39-47(43-23-9-3-10-24-43)36-48(40-50)44-25-11-4-12-26-44/h1-40,59-61,63,65H,(H,64,66). The van der Waals surface area contributed by atoms with Crippen LogP contribution in [0, 0.1) is 0 Å². The number of rotatable bonds is 8. The topological polar surface area (TPSA) is 48.5 Å². The van der Waals surface area contributed by atoms with Gasteiger partial charge in [-0.3, -0.25) is 10.3 Å². The van der Waals surface area contributed by atoms with E-state index in [-0.39, 0.29) is 18.2 Å². The second-order valence-corrected chi connectivity index (χ2v) is 17.3. The first-order valence-corrected chi connectivity index (χ1v) is 22.8. The number of para-hydroxylation sites is 2. The lowest BCUT2D eigenvalue weighted by Crippen LogP contribution is -2.37. The third kappa shape index (κ3) is 7.43. The van der Waals surface area contributed by atoms with Crippen molar-refractivity contribution in [1.29, 1.82) is 0 Å². The molecule has 0 bridgehead atoms. The summed E-state index contributed by atoms with van der Waals surface area (Å²) in [6.07, 6.45) is -0.184. The van der Waals surface area contributed by atoms with Gasteiger partial charge in [0.05, 0.1) is 6.04 Å². The van der Waals surface area contributed by atoms with Crippen molar-refractivity contribution in [2.45, 2.75) is 18.2 Å².